The smallest absolute Gasteiger partial charge is 0.240 e. The summed E-state index contributed by atoms with van der Waals surface area (Å²) >= 11 is 0. The molecule has 0 radical (unpaired) electrons. The van der Waals surface area contributed by atoms with Crippen LogP contribution in [0.4, 0.5) is 10.1 Å². The molecule has 0 atom stereocenters. The molecule has 3 rings (SSSR count). The Morgan fingerprint density at radius 2 is 1.75 bits per heavy atom. The molecular formula is C18H21FN2O2S. The van der Waals surface area contributed by atoms with Crippen LogP contribution in [0.25, 0.3) is 0 Å². The van der Waals surface area contributed by atoms with Crippen LogP contribution in [0, 0.1) is 12.7 Å². The zero-order valence-electron chi connectivity index (χ0n) is 13.6. The number of anilines is 1. The molecule has 6 heteroatoms. The lowest BCUT2D eigenvalue weighted by Gasteiger charge is -2.17. The van der Waals surface area contributed by atoms with E-state index >= 15 is 0 Å². The van der Waals surface area contributed by atoms with Gasteiger partial charge in [-0.3, -0.25) is 0 Å². The molecule has 1 N–H and O–H groups in total. The van der Waals surface area contributed by atoms with Crippen LogP contribution in [0.5, 0.6) is 0 Å². The van der Waals surface area contributed by atoms with E-state index < -0.39 is 15.8 Å². The molecule has 0 aliphatic carbocycles. The molecule has 1 fully saturated rings. The van der Waals surface area contributed by atoms with Gasteiger partial charge < -0.3 is 4.90 Å². The van der Waals surface area contributed by atoms with Gasteiger partial charge in [-0.25, -0.2) is 17.5 Å². The van der Waals surface area contributed by atoms with Crippen molar-refractivity contribution in [2.45, 2.75) is 31.2 Å². The highest BCUT2D eigenvalue weighted by molar-refractivity contribution is 7.89. The maximum Gasteiger partial charge on any atom is 0.240 e. The van der Waals surface area contributed by atoms with Crippen LogP contribution in [-0.2, 0) is 16.6 Å². The minimum Gasteiger partial charge on any atom is -0.372 e. The van der Waals surface area contributed by atoms with Crippen molar-refractivity contribution < 1.29 is 12.8 Å². The molecule has 0 spiro atoms. The maximum absolute atomic E-state index is 13.3. The molecule has 0 saturated carbocycles. The van der Waals surface area contributed by atoms with Gasteiger partial charge >= 0.3 is 0 Å². The Kier molecular flexibility index (Phi) is 4.87. The number of rotatable bonds is 5. The van der Waals surface area contributed by atoms with Gasteiger partial charge in [0.05, 0.1) is 4.90 Å². The van der Waals surface area contributed by atoms with E-state index in [1.54, 1.807) is 6.92 Å². The number of hydrogen-bond acceptors (Lipinski definition) is 3. The molecular weight excluding hydrogens is 327 g/mol. The first-order valence-electron chi connectivity index (χ1n) is 8.05. The third-order valence-corrected chi connectivity index (χ3v) is 5.71. The van der Waals surface area contributed by atoms with E-state index in [-0.39, 0.29) is 11.4 Å². The SMILES string of the molecule is Cc1cc(S(=O)(=O)NCc2ccc(N3CCCC3)cc2)ccc1F. The minimum atomic E-state index is -3.65. The summed E-state index contributed by atoms with van der Waals surface area (Å²) < 4.78 is 40.5. The summed E-state index contributed by atoms with van der Waals surface area (Å²) in [6.07, 6.45) is 2.44. The van der Waals surface area contributed by atoms with E-state index in [0.717, 1.165) is 18.7 Å². The maximum atomic E-state index is 13.3. The van der Waals surface area contributed by atoms with Gasteiger partial charge in [-0.1, -0.05) is 12.1 Å². The zero-order valence-corrected chi connectivity index (χ0v) is 14.4. The first-order chi connectivity index (χ1) is 11.5. The third kappa shape index (κ3) is 3.76. The highest BCUT2D eigenvalue weighted by Crippen LogP contribution is 2.21. The second-order valence-corrected chi connectivity index (χ2v) is 7.86. The van der Waals surface area contributed by atoms with Crippen molar-refractivity contribution in [3.63, 3.8) is 0 Å². The second kappa shape index (κ2) is 6.91. The first-order valence-corrected chi connectivity index (χ1v) is 9.54. The molecule has 0 bridgehead atoms. The number of nitrogens with one attached hydrogen (secondary N) is 1. The monoisotopic (exact) mass is 348 g/mol. The Labute approximate surface area is 142 Å². The third-order valence-electron chi connectivity index (χ3n) is 4.31. The lowest BCUT2D eigenvalue weighted by atomic mass is 10.2. The van der Waals surface area contributed by atoms with Gasteiger partial charge in [-0.2, -0.15) is 0 Å². The van der Waals surface area contributed by atoms with Crippen LogP contribution in [0.3, 0.4) is 0 Å². The van der Waals surface area contributed by atoms with Gasteiger partial charge in [-0.15, -0.1) is 0 Å². The van der Waals surface area contributed by atoms with Crippen molar-refractivity contribution in [3.8, 4) is 0 Å². The molecule has 2 aromatic rings. The quantitative estimate of drug-likeness (QED) is 0.903. The molecule has 1 saturated heterocycles. The van der Waals surface area contributed by atoms with E-state index in [0.29, 0.717) is 5.56 Å². The lowest BCUT2D eigenvalue weighted by molar-refractivity contribution is 0.579. The van der Waals surface area contributed by atoms with Crippen molar-refractivity contribution in [1.29, 1.82) is 0 Å². The lowest BCUT2D eigenvalue weighted by Crippen LogP contribution is -2.23. The summed E-state index contributed by atoms with van der Waals surface area (Å²) in [4.78, 5) is 2.41. The van der Waals surface area contributed by atoms with Crippen molar-refractivity contribution >= 4 is 15.7 Å². The first kappa shape index (κ1) is 16.9. The van der Waals surface area contributed by atoms with Crippen molar-refractivity contribution in [3.05, 3.63) is 59.4 Å². The number of aryl methyl sites for hydroxylation is 1. The van der Waals surface area contributed by atoms with Gasteiger partial charge in [0.25, 0.3) is 0 Å². The normalized spacial score (nSPS) is 15.0. The molecule has 0 amide bonds. The molecule has 4 nitrogen and oxygen atoms in total. The summed E-state index contributed by atoms with van der Waals surface area (Å²) in [7, 11) is -3.65. The summed E-state index contributed by atoms with van der Waals surface area (Å²) in [5, 5.41) is 0. The Hall–Kier alpha value is -1.92. The van der Waals surface area contributed by atoms with Gasteiger partial charge in [0.1, 0.15) is 5.82 Å². The van der Waals surface area contributed by atoms with Crippen molar-refractivity contribution in [2.24, 2.45) is 0 Å². The number of sulfonamides is 1. The number of nitrogens with zero attached hydrogens (tertiary/aromatic N) is 1. The average molecular weight is 348 g/mol. The highest BCUT2D eigenvalue weighted by atomic mass is 32.2. The second-order valence-electron chi connectivity index (χ2n) is 6.10. The molecule has 24 heavy (non-hydrogen) atoms. The fourth-order valence-corrected chi connectivity index (χ4v) is 3.95. The summed E-state index contributed by atoms with van der Waals surface area (Å²) in [5.41, 5.74) is 2.38. The zero-order chi connectivity index (χ0) is 17.2. The van der Waals surface area contributed by atoms with E-state index in [2.05, 4.69) is 9.62 Å². The standard InChI is InChI=1S/C18H21FN2O2S/c1-14-12-17(8-9-18(14)19)24(22,23)20-13-15-4-6-16(7-5-15)21-10-2-3-11-21/h4-9,12,20H,2-3,10-11,13H2,1H3. The summed E-state index contributed by atoms with van der Waals surface area (Å²) in [6, 6.07) is 11.7. The number of halogens is 1. The molecule has 0 aromatic heterocycles. The van der Waals surface area contributed by atoms with Gasteiger partial charge in [0.15, 0.2) is 0 Å². The minimum absolute atomic E-state index is 0.0788. The van der Waals surface area contributed by atoms with E-state index in [1.807, 2.05) is 24.3 Å². The van der Waals surface area contributed by atoms with Crippen molar-refractivity contribution in [2.75, 3.05) is 18.0 Å². The number of benzene rings is 2. The van der Waals surface area contributed by atoms with Crippen LogP contribution < -0.4 is 9.62 Å². The molecule has 0 unspecified atom stereocenters. The average Bonchev–Trinajstić information content (AvgIpc) is 3.10. The van der Waals surface area contributed by atoms with Crippen LogP contribution in [-0.4, -0.2) is 21.5 Å². The predicted octanol–water partition coefficient (Wildman–Crippen LogP) is 3.21. The Morgan fingerprint density at radius 1 is 1.08 bits per heavy atom. The molecule has 1 heterocycles. The Bertz CT molecular complexity index is 813. The molecule has 1 aliphatic heterocycles. The summed E-state index contributed by atoms with van der Waals surface area (Å²) in [6.45, 7) is 3.91. The van der Waals surface area contributed by atoms with Crippen LogP contribution in [0.1, 0.15) is 24.0 Å². The fraction of sp³-hybridized carbons (Fsp3) is 0.333. The molecule has 2 aromatic carbocycles. The summed E-state index contributed by atoms with van der Waals surface area (Å²) in [5.74, 6) is -0.411. The highest BCUT2D eigenvalue weighted by Gasteiger charge is 2.15. The van der Waals surface area contributed by atoms with E-state index in [9.17, 15) is 12.8 Å². The largest absolute Gasteiger partial charge is 0.372 e. The topological polar surface area (TPSA) is 49.4 Å². The van der Waals surface area contributed by atoms with Crippen LogP contribution in [0.2, 0.25) is 0 Å². The van der Waals surface area contributed by atoms with Crippen molar-refractivity contribution in [1.82, 2.24) is 4.72 Å². The van der Waals surface area contributed by atoms with Gasteiger partial charge in [0, 0.05) is 25.3 Å². The Morgan fingerprint density at radius 3 is 2.38 bits per heavy atom. The van der Waals surface area contributed by atoms with Crippen LogP contribution in [0.15, 0.2) is 47.4 Å². The fourth-order valence-electron chi connectivity index (χ4n) is 2.85. The van der Waals surface area contributed by atoms with Gasteiger partial charge in [-0.05, 0) is 61.2 Å². The van der Waals surface area contributed by atoms with Gasteiger partial charge in [0.2, 0.25) is 10.0 Å². The van der Waals surface area contributed by atoms with E-state index in [1.165, 1.54) is 36.7 Å². The predicted molar refractivity (Wildman–Crippen MR) is 93.1 cm³/mol. The van der Waals surface area contributed by atoms with E-state index in [4.69, 9.17) is 0 Å². The molecule has 128 valence electrons. The number of hydrogen-bond donors (Lipinski definition) is 1. The van der Waals surface area contributed by atoms with Crippen LogP contribution >= 0.6 is 0 Å². The Balaban J connectivity index is 1.66. The molecule has 1 aliphatic rings.